The van der Waals surface area contributed by atoms with Gasteiger partial charge in [-0.05, 0) is 54.3 Å². The summed E-state index contributed by atoms with van der Waals surface area (Å²) < 4.78 is 0. The monoisotopic (exact) mass is 576 g/mol. The summed E-state index contributed by atoms with van der Waals surface area (Å²) in [6.45, 7) is 4.28. The van der Waals surface area contributed by atoms with E-state index >= 15 is 0 Å². The number of thioether (sulfide) groups is 1. The number of amides is 2. The molecule has 37 heavy (non-hydrogen) atoms. The smallest absolute Gasteiger partial charge is 0.243 e. The summed E-state index contributed by atoms with van der Waals surface area (Å²) in [5.41, 5.74) is 2.79. The fourth-order valence-corrected chi connectivity index (χ4v) is 5.35. The number of nitrogens with zero attached hydrogens (tertiary/aromatic N) is 1. The lowest BCUT2D eigenvalue weighted by Crippen LogP contribution is -2.52. The van der Waals surface area contributed by atoms with Crippen molar-refractivity contribution < 1.29 is 9.59 Å². The van der Waals surface area contributed by atoms with Crippen molar-refractivity contribution >= 4 is 58.4 Å². The number of nitrogens with one attached hydrogen (secondary N) is 1. The molecule has 3 aromatic carbocycles. The maximum absolute atomic E-state index is 13.7. The van der Waals surface area contributed by atoms with E-state index in [1.54, 1.807) is 29.2 Å². The zero-order valence-corrected chi connectivity index (χ0v) is 24.0. The highest BCUT2D eigenvalue weighted by atomic mass is 35.5. The van der Waals surface area contributed by atoms with Crippen LogP contribution in [0.1, 0.15) is 37.0 Å². The van der Waals surface area contributed by atoms with Crippen molar-refractivity contribution in [3.63, 3.8) is 0 Å². The number of carbonyl (C=O) groups excluding carboxylic acids is 2. The van der Waals surface area contributed by atoms with Crippen molar-refractivity contribution in [2.75, 3.05) is 5.75 Å². The van der Waals surface area contributed by atoms with Crippen molar-refractivity contribution in [1.29, 1.82) is 0 Å². The zero-order chi connectivity index (χ0) is 26.8. The number of hydrogen-bond donors (Lipinski definition) is 1. The van der Waals surface area contributed by atoms with Gasteiger partial charge in [-0.25, -0.2) is 0 Å². The highest BCUT2D eigenvalue weighted by Crippen LogP contribution is 2.25. The van der Waals surface area contributed by atoms with Gasteiger partial charge in [0.2, 0.25) is 11.8 Å². The lowest BCUT2D eigenvalue weighted by Gasteiger charge is -2.32. The molecule has 0 aliphatic heterocycles. The van der Waals surface area contributed by atoms with Crippen LogP contribution in [0, 0.1) is 0 Å². The van der Waals surface area contributed by atoms with Crippen LogP contribution in [0.15, 0.2) is 72.8 Å². The second-order valence-corrected chi connectivity index (χ2v) is 11.2. The minimum absolute atomic E-state index is 0.000297. The second-order valence-electron chi connectivity index (χ2n) is 8.90. The number of benzene rings is 3. The molecule has 1 N–H and O–H groups in total. The molecule has 0 aromatic heterocycles. The Kier molecular flexibility index (Phi) is 11.7. The number of carbonyl (C=O) groups is 2. The van der Waals surface area contributed by atoms with Gasteiger partial charge in [-0.2, -0.15) is 0 Å². The van der Waals surface area contributed by atoms with Gasteiger partial charge in [0.15, 0.2) is 0 Å². The predicted octanol–water partition coefficient (Wildman–Crippen LogP) is 7.43. The van der Waals surface area contributed by atoms with E-state index in [9.17, 15) is 9.59 Å². The lowest BCUT2D eigenvalue weighted by atomic mass is 10.0. The van der Waals surface area contributed by atoms with Crippen LogP contribution in [0.4, 0.5) is 0 Å². The number of rotatable bonds is 12. The molecule has 0 bridgehead atoms. The molecule has 4 nitrogen and oxygen atoms in total. The van der Waals surface area contributed by atoms with E-state index in [1.807, 2.05) is 62.4 Å². The fraction of sp³-hybridized carbons (Fsp3) is 0.310. The van der Waals surface area contributed by atoms with Gasteiger partial charge < -0.3 is 10.2 Å². The van der Waals surface area contributed by atoms with Gasteiger partial charge in [0.1, 0.15) is 6.04 Å². The maximum Gasteiger partial charge on any atom is 0.243 e. The summed E-state index contributed by atoms with van der Waals surface area (Å²) in [5.74, 6) is 0.476. The Morgan fingerprint density at radius 2 is 1.59 bits per heavy atom. The van der Waals surface area contributed by atoms with Gasteiger partial charge in [-0.1, -0.05) is 90.3 Å². The van der Waals surface area contributed by atoms with E-state index in [0.717, 1.165) is 23.1 Å². The molecular formula is C29H31Cl3N2O2S. The maximum atomic E-state index is 13.7. The quantitative estimate of drug-likeness (QED) is 0.243. The van der Waals surface area contributed by atoms with Crippen molar-refractivity contribution in [2.24, 2.45) is 0 Å². The minimum atomic E-state index is -0.667. The Hall–Kier alpha value is -2.18. The lowest BCUT2D eigenvalue weighted by molar-refractivity contribution is -0.139. The highest BCUT2D eigenvalue weighted by molar-refractivity contribution is 7.99. The van der Waals surface area contributed by atoms with Gasteiger partial charge in [-0.15, -0.1) is 11.8 Å². The van der Waals surface area contributed by atoms with E-state index in [4.69, 9.17) is 34.8 Å². The summed E-state index contributed by atoms with van der Waals surface area (Å²) >= 11 is 19.9. The summed E-state index contributed by atoms with van der Waals surface area (Å²) in [5, 5.41) is 4.84. The van der Waals surface area contributed by atoms with Crippen LogP contribution in [-0.4, -0.2) is 34.6 Å². The minimum Gasteiger partial charge on any atom is -0.352 e. The van der Waals surface area contributed by atoms with Crippen LogP contribution in [0.5, 0.6) is 0 Å². The summed E-state index contributed by atoms with van der Waals surface area (Å²) in [6.07, 6.45) is 1.21. The van der Waals surface area contributed by atoms with Gasteiger partial charge >= 0.3 is 0 Å². The first-order chi connectivity index (χ1) is 17.8. The fourth-order valence-electron chi connectivity index (χ4n) is 3.75. The number of halogens is 3. The average Bonchev–Trinajstić information content (AvgIpc) is 2.88. The van der Waals surface area contributed by atoms with Gasteiger partial charge in [0.25, 0.3) is 0 Å². The largest absolute Gasteiger partial charge is 0.352 e. The topological polar surface area (TPSA) is 49.4 Å². The Morgan fingerprint density at radius 3 is 2.24 bits per heavy atom. The highest BCUT2D eigenvalue weighted by Gasteiger charge is 2.30. The third-order valence-corrected chi connectivity index (χ3v) is 7.84. The van der Waals surface area contributed by atoms with E-state index in [1.165, 1.54) is 11.8 Å². The Bertz CT molecular complexity index is 1180. The third kappa shape index (κ3) is 9.26. The summed E-state index contributed by atoms with van der Waals surface area (Å²) in [7, 11) is 0. The first-order valence-corrected chi connectivity index (χ1v) is 14.5. The molecule has 2 amide bonds. The van der Waals surface area contributed by atoms with Gasteiger partial charge in [-0.3, -0.25) is 9.59 Å². The Balaban J connectivity index is 1.85. The van der Waals surface area contributed by atoms with Crippen LogP contribution in [-0.2, 0) is 28.3 Å². The van der Waals surface area contributed by atoms with E-state index in [0.29, 0.717) is 33.8 Å². The molecule has 0 saturated heterocycles. The first kappa shape index (κ1) is 29.4. The van der Waals surface area contributed by atoms with E-state index in [-0.39, 0.29) is 23.6 Å². The molecule has 3 rings (SSSR count). The zero-order valence-electron chi connectivity index (χ0n) is 20.9. The molecule has 0 spiro atoms. The molecule has 0 fully saturated rings. The Labute approximate surface area is 238 Å². The Morgan fingerprint density at radius 1 is 0.919 bits per heavy atom. The molecule has 0 aliphatic carbocycles. The van der Waals surface area contributed by atoms with E-state index in [2.05, 4.69) is 5.32 Å². The summed E-state index contributed by atoms with van der Waals surface area (Å²) in [6, 6.07) is 21.8. The van der Waals surface area contributed by atoms with Gasteiger partial charge in [0.05, 0.1) is 5.75 Å². The van der Waals surface area contributed by atoms with Gasteiger partial charge in [0, 0.05) is 39.8 Å². The number of hydrogen-bond acceptors (Lipinski definition) is 3. The standard InChI is InChI=1S/C29H31Cl3N2O2S/c1-3-20(2)33-29(36)27(15-21-7-5-4-6-8-21)34(17-22-9-12-24(30)13-10-22)28(35)19-37-18-23-11-14-25(31)16-26(23)32/h4-14,16,20,27H,3,15,17-19H2,1-2H3,(H,33,36). The van der Waals surface area contributed by atoms with Crippen molar-refractivity contribution in [2.45, 2.75) is 51.1 Å². The molecule has 196 valence electrons. The third-order valence-electron chi connectivity index (χ3n) is 6.04. The van der Waals surface area contributed by atoms with Crippen molar-refractivity contribution in [1.82, 2.24) is 10.2 Å². The van der Waals surface area contributed by atoms with Crippen LogP contribution in [0.3, 0.4) is 0 Å². The average molecular weight is 578 g/mol. The molecule has 2 unspecified atom stereocenters. The first-order valence-electron chi connectivity index (χ1n) is 12.2. The summed E-state index contributed by atoms with van der Waals surface area (Å²) in [4.78, 5) is 28.9. The molecule has 0 saturated carbocycles. The van der Waals surface area contributed by atoms with Crippen LogP contribution in [0.2, 0.25) is 15.1 Å². The molecule has 3 aromatic rings. The van der Waals surface area contributed by atoms with Crippen LogP contribution < -0.4 is 5.32 Å². The normalized spacial score (nSPS) is 12.6. The molecule has 0 aliphatic rings. The molecule has 2 atom stereocenters. The molecule has 0 radical (unpaired) electrons. The second kappa shape index (κ2) is 14.7. The molecule has 8 heteroatoms. The van der Waals surface area contributed by atoms with Crippen molar-refractivity contribution in [3.05, 3.63) is 105 Å². The van der Waals surface area contributed by atoms with Crippen molar-refractivity contribution in [3.8, 4) is 0 Å². The molecular weight excluding hydrogens is 547 g/mol. The predicted molar refractivity (Wildman–Crippen MR) is 156 cm³/mol. The van der Waals surface area contributed by atoms with Crippen LogP contribution >= 0.6 is 46.6 Å². The van der Waals surface area contributed by atoms with E-state index < -0.39 is 6.04 Å². The SMILES string of the molecule is CCC(C)NC(=O)C(Cc1ccccc1)N(Cc1ccc(Cl)cc1)C(=O)CSCc1ccc(Cl)cc1Cl. The van der Waals surface area contributed by atoms with Crippen LogP contribution in [0.25, 0.3) is 0 Å². The molecule has 0 heterocycles.